The summed E-state index contributed by atoms with van der Waals surface area (Å²) in [5.41, 5.74) is 8.79. The molecule has 1 aliphatic heterocycles. The van der Waals surface area contributed by atoms with Gasteiger partial charge in [-0.05, 0) is 25.1 Å². The maximum atomic E-state index is 12.1. The first-order valence-electron chi connectivity index (χ1n) is 8.76. The first kappa shape index (κ1) is 17.8. The van der Waals surface area contributed by atoms with Crippen molar-refractivity contribution in [3.8, 4) is 5.75 Å². The van der Waals surface area contributed by atoms with Gasteiger partial charge >= 0.3 is 0 Å². The zero-order chi connectivity index (χ0) is 18.4. The van der Waals surface area contributed by atoms with Gasteiger partial charge in [-0.3, -0.25) is 9.79 Å². The molecule has 136 valence electrons. The van der Waals surface area contributed by atoms with Crippen LogP contribution in [0.5, 0.6) is 5.75 Å². The molecule has 0 spiro atoms. The van der Waals surface area contributed by atoms with E-state index in [1.54, 1.807) is 6.07 Å². The van der Waals surface area contributed by atoms with E-state index in [1.807, 2.05) is 49.4 Å². The number of guanidine groups is 1. The summed E-state index contributed by atoms with van der Waals surface area (Å²) in [5, 5.41) is 6.09. The third-order valence-electron chi connectivity index (χ3n) is 4.24. The Balaban J connectivity index is 1.48. The minimum absolute atomic E-state index is 0.0885. The van der Waals surface area contributed by atoms with Crippen molar-refractivity contribution in [1.29, 1.82) is 0 Å². The summed E-state index contributed by atoms with van der Waals surface area (Å²) in [5.74, 6) is 1.15. The molecule has 0 aliphatic carbocycles. The molecule has 0 bridgehead atoms. The Hall–Kier alpha value is -3.02. The van der Waals surface area contributed by atoms with Gasteiger partial charge in [0.05, 0.1) is 19.2 Å². The molecule has 1 aliphatic rings. The number of carbonyl (C=O) groups excluding carboxylic acids is 1. The Morgan fingerprint density at radius 3 is 2.96 bits per heavy atom. The number of benzene rings is 2. The van der Waals surface area contributed by atoms with Crippen molar-refractivity contribution >= 4 is 11.9 Å². The molecule has 1 amide bonds. The molecule has 0 fully saturated rings. The van der Waals surface area contributed by atoms with E-state index in [2.05, 4.69) is 15.6 Å². The fourth-order valence-corrected chi connectivity index (χ4v) is 2.95. The number of amides is 1. The minimum atomic E-state index is -0.103. The SMILES string of the molecule is Cc1cccc(C(=O)NCCN=C(N)NC2CCOc3ccccc32)c1. The normalized spacial score (nSPS) is 16.3. The van der Waals surface area contributed by atoms with E-state index >= 15 is 0 Å². The topological polar surface area (TPSA) is 88.7 Å². The molecule has 3 rings (SSSR count). The summed E-state index contributed by atoms with van der Waals surface area (Å²) < 4.78 is 5.64. The second-order valence-electron chi connectivity index (χ2n) is 6.26. The number of aryl methyl sites for hydroxylation is 1. The maximum Gasteiger partial charge on any atom is 0.251 e. The lowest BCUT2D eigenvalue weighted by atomic mass is 10.0. The number of nitrogens with two attached hydrogens (primary N) is 1. The van der Waals surface area contributed by atoms with E-state index in [0.717, 1.165) is 23.3 Å². The van der Waals surface area contributed by atoms with Crippen molar-refractivity contribution in [2.45, 2.75) is 19.4 Å². The molecule has 26 heavy (non-hydrogen) atoms. The van der Waals surface area contributed by atoms with Crippen molar-refractivity contribution in [2.24, 2.45) is 10.7 Å². The molecule has 6 nitrogen and oxygen atoms in total. The highest BCUT2D eigenvalue weighted by atomic mass is 16.5. The zero-order valence-corrected chi connectivity index (χ0v) is 14.9. The van der Waals surface area contributed by atoms with Crippen LogP contribution in [0.1, 0.15) is 33.9 Å². The molecule has 1 atom stereocenters. The summed E-state index contributed by atoms with van der Waals surface area (Å²) >= 11 is 0. The molecule has 4 N–H and O–H groups in total. The first-order valence-corrected chi connectivity index (χ1v) is 8.76. The van der Waals surface area contributed by atoms with Gasteiger partial charge < -0.3 is 21.1 Å². The van der Waals surface area contributed by atoms with E-state index in [0.29, 0.717) is 31.2 Å². The number of ether oxygens (including phenoxy) is 1. The molecule has 0 radical (unpaired) electrons. The highest BCUT2D eigenvalue weighted by Crippen LogP contribution is 2.31. The maximum absolute atomic E-state index is 12.1. The largest absolute Gasteiger partial charge is 0.493 e. The summed E-state index contributed by atoms with van der Waals surface area (Å²) in [6.07, 6.45) is 0.831. The standard InChI is InChI=1S/C20H24N4O2/c1-14-5-4-6-15(13-14)19(25)22-10-11-23-20(21)24-17-9-12-26-18-8-3-2-7-16(17)18/h2-8,13,17H,9-12H2,1H3,(H,22,25)(H3,21,23,24). The molecular weight excluding hydrogens is 328 g/mol. The summed E-state index contributed by atoms with van der Waals surface area (Å²) in [7, 11) is 0. The Bertz CT molecular complexity index is 804. The van der Waals surface area contributed by atoms with Gasteiger partial charge in [0.1, 0.15) is 5.75 Å². The summed E-state index contributed by atoms with van der Waals surface area (Å²) in [6, 6.07) is 15.5. The van der Waals surface area contributed by atoms with Gasteiger partial charge in [0.15, 0.2) is 5.96 Å². The van der Waals surface area contributed by atoms with Crippen LogP contribution >= 0.6 is 0 Å². The van der Waals surface area contributed by atoms with Gasteiger partial charge in [0, 0.05) is 24.1 Å². The average Bonchev–Trinajstić information content (AvgIpc) is 2.65. The predicted octanol–water partition coefficient (Wildman–Crippen LogP) is 2.15. The van der Waals surface area contributed by atoms with Crippen molar-refractivity contribution in [3.63, 3.8) is 0 Å². The van der Waals surface area contributed by atoms with Gasteiger partial charge in [0.2, 0.25) is 0 Å². The van der Waals surface area contributed by atoms with Crippen LogP contribution < -0.4 is 21.1 Å². The lowest BCUT2D eigenvalue weighted by molar-refractivity contribution is 0.0954. The van der Waals surface area contributed by atoms with Crippen LogP contribution in [0.15, 0.2) is 53.5 Å². The number of aliphatic imine (C=N–C) groups is 1. The van der Waals surface area contributed by atoms with Gasteiger partial charge in [-0.25, -0.2) is 0 Å². The number of para-hydroxylation sites is 1. The van der Waals surface area contributed by atoms with Crippen LogP contribution in [0.25, 0.3) is 0 Å². The fraction of sp³-hybridized carbons (Fsp3) is 0.300. The van der Waals surface area contributed by atoms with E-state index in [9.17, 15) is 4.79 Å². The van der Waals surface area contributed by atoms with Crippen molar-refractivity contribution in [1.82, 2.24) is 10.6 Å². The smallest absolute Gasteiger partial charge is 0.251 e. The van der Waals surface area contributed by atoms with Crippen LogP contribution in [0, 0.1) is 6.92 Å². The van der Waals surface area contributed by atoms with Crippen LogP contribution in [0.4, 0.5) is 0 Å². The highest BCUT2D eigenvalue weighted by Gasteiger charge is 2.21. The molecule has 1 heterocycles. The van der Waals surface area contributed by atoms with Crippen LogP contribution in [0.2, 0.25) is 0 Å². The number of carbonyl (C=O) groups is 1. The molecule has 1 unspecified atom stereocenters. The molecule has 0 aromatic heterocycles. The van der Waals surface area contributed by atoms with Crippen LogP contribution in [-0.4, -0.2) is 31.6 Å². The summed E-state index contributed by atoms with van der Waals surface area (Å²) in [4.78, 5) is 16.4. The lowest BCUT2D eigenvalue weighted by Gasteiger charge is -2.26. The number of hydrogen-bond donors (Lipinski definition) is 3. The van der Waals surface area contributed by atoms with Crippen molar-refractivity contribution in [2.75, 3.05) is 19.7 Å². The van der Waals surface area contributed by atoms with Gasteiger partial charge in [-0.1, -0.05) is 35.9 Å². The Labute approximate surface area is 153 Å². The second-order valence-corrected chi connectivity index (χ2v) is 6.26. The van der Waals surface area contributed by atoms with Crippen molar-refractivity contribution < 1.29 is 9.53 Å². The average molecular weight is 352 g/mol. The Kier molecular flexibility index (Phi) is 5.73. The Morgan fingerprint density at radius 1 is 1.27 bits per heavy atom. The number of nitrogens with zero attached hydrogens (tertiary/aromatic N) is 1. The fourth-order valence-electron chi connectivity index (χ4n) is 2.95. The van der Waals surface area contributed by atoms with Crippen LogP contribution in [0.3, 0.4) is 0 Å². The first-order chi connectivity index (χ1) is 12.6. The Morgan fingerprint density at radius 2 is 2.12 bits per heavy atom. The molecule has 2 aromatic carbocycles. The van der Waals surface area contributed by atoms with E-state index < -0.39 is 0 Å². The molecule has 0 saturated carbocycles. The van der Waals surface area contributed by atoms with Crippen molar-refractivity contribution in [3.05, 3.63) is 65.2 Å². The number of fused-ring (bicyclic) bond motifs is 1. The molecular formula is C20H24N4O2. The quantitative estimate of drug-likeness (QED) is 0.437. The number of rotatable bonds is 5. The third kappa shape index (κ3) is 4.53. The van der Waals surface area contributed by atoms with E-state index in [-0.39, 0.29) is 11.9 Å². The zero-order valence-electron chi connectivity index (χ0n) is 14.9. The monoisotopic (exact) mass is 352 g/mol. The van der Waals surface area contributed by atoms with Gasteiger partial charge in [-0.15, -0.1) is 0 Å². The van der Waals surface area contributed by atoms with Gasteiger partial charge in [0.25, 0.3) is 5.91 Å². The van der Waals surface area contributed by atoms with Crippen LogP contribution in [-0.2, 0) is 0 Å². The third-order valence-corrected chi connectivity index (χ3v) is 4.24. The number of nitrogens with one attached hydrogen (secondary N) is 2. The highest BCUT2D eigenvalue weighted by molar-refractivity contribution is 5.94. The second kappa shape index (κ2) is 8.38. The van der Waals surface area contributed by atoms with E-state index in [4.69, 9.17) is 10.5 Å². The van der Waals surface area contributed by atoms with E-state index in [1.165, 1.54) is 0 Å². The minimum Gasteiger partial charge on any atom is -0.493 e. The summed E-state index contributed by atoms with van der Waals surface area (Å²) in [6.45, 7) is 3.46. The van der Waals surface area contributed by atoms with Gasteiger partial charge in [-0.2, -0.15) is 0 Å². The molecule has 0 saturated heterocycles. The lowest BCUT2D eigenvalue weighted by Crippen LogP contribution is -2.38. The molecule has 6 heteroatoms. The number of hydrogen-bond acceptors (Lipinski definition) is 3. The molecule has 2 aromatic rings. The predicted molar refractivity (Wildman–Crippen MR) is 102 cm³/mol.